The first kappa shape index (κ1) is 18.5. The van der Waals surface area contributed by atoms with E-state index in [0.29, 0.717) is 23.1 Å². The predicted molar refractivity (Wildman–Crippen MR) is 89.4 cm³/mol. The van der Waals surface area contributed by atoms with Gasteiger partial charge in [0.1, 0.15) is 6.04 Å². The standard InChI is InChI=1S/C14H17N5O5S/c1-4-24-12(20)6-10-7-25-14(15-10)16-13(21)9(3)18-8(2)5-11(17-18)19(22)23/h5,7,9H,4,6H2,1-3H3,(H,15,16,21). The SMILES string of the molecule is CCOC(=O)Cc1csc(NC(=O)C(C)n2nc([N+](=O)[O-])cc2C)n1. The molecular weight excluding hydrogens is 350 g/mol. The molecule has 0 aliphatic carbocycles. The first-order valence-electron chi connectivity index (χ1n) is 7.43. The number of carbonyl (C=O) groups is 2. The lowest BCUT2D eigenvalue weighted by atomic mass is 10.3. The summed E-state index contributed by atoms with van der Waals surface area (Å²) >= 11 is 1.18. The summed E-state index contributed by atoms with van der Waals surface area (Å²) in [7, 11) is 0. The maximum Gasteiger partial charge on any atom is 0.390 e. The Bertz CT molecular complexity index is 799. The van der Waals surface area contributed by atoms with Gasteiger partial charge in [0.2, 0.25) is 0 Å². The molecule has 0 aliphatic heterocycles. The van der Waals surface area contributed by atoms with Crippen molar-refractivity contribution >= 4 is 34.2 Å². The molecule has 10 nitrogen and oxygen atoms in total. The van der Waals surface area contributed by atoms with Gasteiger partial charge < -0.3 is 20.2 Å². The quantitative estimate of drug-likeness (QED) is 0.449. The van der Waals surface area contributed by atoms with Gasteiger partial charge >= 0.3 is 11.8 Å². The average Bonchev–Trinajstić information content (AvgIpc) is 3.13. The molecule has 11 heteroatoms. The van der Waals surface area contributed by atoms with E-state index in [4.69, 9.17) is 4.74 Å². The minimum absolute atomic E-state index is 0.0280. The maximum absolute atomic E-state index is 12.3. The number of esters is 1. The molecule has 0 radical (unpaired) electrons. The highest BCUT2D eigenvalue weighted by atomic mass is 32.1. The van der Waals surface area contributed by atoms with E-state index in [1.165, 1.54) is 22.1 Å². The maximum atomic E-state index is 12.3. The van der Waals surface area contributed by atoms with Gasteiger partial charge in [-0.2, -0.15) is 4.68 Å². The summed E-state index contributed by atoms with van der Waals surface area (Å²) in [6.45, 7) is 5.21. The molecule has 0 saturated carbocycles. The highest BCUT2D eigenvalue weighted by Crippen LogP contribution is 2.20. The molecule has 25 heavy (non-hydrogen) atoms. The second kappa shape index (κ2) is 7.83. The highest BCUT2D eigenvalue weighted by Gasteiger charge is 2.25. The molecule has 1 atom stereocenters. The first-order chi connectivity index (χ1) is 11.8. The number of nitrogens with zero attached hydrogens (tertiary/aromatic N) is 4. The molecule has 0 saturated heterocycles. The number of amides is 1. The second-order valence-electron chi connectivity index (χ2n) is 5.14. The number of anilines is 1. The summed E-state index contributed by atoms with van der Waals surface area (Å²) in [4.78, 5) is 38.0. The van der Waals surface area contributed by atoms with Crippen LogP contribution in [0.5, 0.6) is 0 Å². The minimum Gasteiger partial charge on any atom is -0.466 e. The zero-order valence-corrected chi connectivity index (χ0v) is 14.7. The summed E-state index contributed by atoms with van der Waals surface area (Å²) in [5.74, 6) is -1.13. The van der Waals surface area contributed by atoms with Crippen LogP contribution in [0.25, 0.3) is 0 Å². The number of aromatic nitrogens is 3. The molecule has 2 aromatic rings. The van der Waals surface area contributed by atoms with Gasteiger partial charge in [-0.05, 0) is 25.7 Å². The molecule has 2 rings (SSSR count). The van der Waals surface area contributed by atoms with E-state index >= 15 is 0 Å². The Morgan fingerprint density at radius 2 is 2.24 bits per heavy atom. The van der Waals surface area contributed by atoms with Crippen molar-refractivity contribution in [2.45, 2.75) is 33.2 Å². The van der Waals surface area contributed by atoms with Gasteiger partial charge in [0.05, 0.1) is 35.6 Å². The van der Waals surface area contributed by atoms with Crippen molar-refractivity contribution in [1.29, 1.82) is 0 Å². The number of aryl methyl sites for hydroxylation is 1. The van der Waals surface area contributed by atoms with Gasteiger partial charge in [0.25, 0.3) is 5.91 Å². The van der Waals surface area contributed by atoms with Crippen LogP contribution in [0.15, 0.2) is 11.4 Å². The number of carbonyl (C=O) groups excluding carboxylic acids is 2. The Labute approximate surface area is 147 Å². The van der Waals surface area contributed by atoms with Crippen molar-refractivity contribution in [3.8, 4) is 0 Å². The van der Waals surface area contributed by atoms with Gasteiger partial charge in [-0.1, -0.05) is 0 Å². The fourth-order valence-electron chi connectivity index (χ4n) is 2.08. The van der Waals surface area contributed by atoms with Crippen molar-refractivity contribution < 1.29 is 19.2 Å². The van der Waals surface area contributed by atoms with Gasteiger partial charge in [0.15, 0.2) is 5.13 Å². The van der Waals surface area contributed by atoms with Crippen LogP contribution in [0.3, 0.4) is 0 Å². The second-order valence-corrected chi connectivity index (χ2v) is 5.99. The van der Waals surface area contributed by atoms with Crippen LogP contribution in [0.1, 0.15) is 31.3 Å². The topological polar surface area (TPSA) is 129 Å². The molecular formula is C14H17N5O5S. The molecule has 2 heterocycles. The zero-order valence-electron chi connectivity index (χ0n) is 13.9. The molecule has 1 unspecified atom stereocenters. The molecule has 0 fully saturated rings. The fraction of sp³-hybridized carbons (Fsp3) is 0.429. The van der Waals surface area contributed by atoms with Crippen LogP contribution in [-0.2, 0) is 20.7 Å². The van der Waals surface area contributed by atoms with E-state index < -0.39 is 22.8 Å². The predicted octanol–water partition coefficient (Wildman–Crippen LogP) is 1.86. The lowest BCUT2D eigenvalue weighted by Crippen LogP contribution is -2.25. The van der Waals surface area contributed by atoms with Gasteiger partial charge in [0, 0.05) is 5.38 Å². The van der Waals surface area contributed by atoms with E-state index in [1.54, 1.807) is 26.2 Å². The summed E-state index contributed by atoms with van der Waals surface area (Å²) < 4.78 is 6.12. The van der Waals surface area contributed by atoms with Crippen LogP contribution in [0, 0.1) is 17.0 Å². The third kappa shape index (κ3) is 4.59. The monoisotopic (exact) mass is 367 g/mol. The number of hydrogen-bond acceptors (Lipinski definition) is 8. The smallest absolute Gasteiger partial charge is 0.390 e. The fourth-order valence-corrected chi connectivity index (χ4v) is 2.79. The van der Waals surface area contributed by atoms with E-state index in [0.717, 1.165) is 0 Å². The molecule has 0 bridgehead atoms. The Morgan fingerprint density at radius 3 is 2.84 bits per heavy atom. The van der Waals surface area contributed by atoms with Gasteiger partial charge in [-0.25, -0.2) is 4.98 Å². The lowest BCUT2D eigenvalue weighted by Gasteiger charge is -2.09. The summed E-state index contributed by atoms with van der Waals surface area (Å²) in [5.41, 5.74) is 0.994. The minimum atomic E-state index is -0.758. The van der Waals surface area contributed by atoms with Crippen molar-refractivity contribution in [3.63, 3.8) is 0 Å². The Kier molecular flexibility index (Phi) is 5.80. The summed E-state index contributed by atoms with van der Waals surface area (Å²) in [6.07, 6.45) is 0.0280. The van der Waals surface area contributed by atoms with Crippen LogP contribution in [0.4, 0.5) is 10.9 Å². The molecule has 1 N–H and O–H groups in total. The van der Waals surface area contributed by atoms with Crippen molar-refractivity contribution in [2.75, 3.05) is 11.9 Å². The zero-order chi connectivity index (χ0) is 18.6. The number of hydrogen-bond donors (Lipinski definition) is 1. The Balaban J connectivity index is 2.03. The van der Waals surface area contributed by atoms with E-state index in [9.17, 15) is 19.7 Å². The largest absolute Gasteiger partial charge is 0.466 e. The van der Waals surface area contributed by atoms with Crippen LogP contribution in [0.2, 0.25) is 0 Å². The van der Waals surface area contributed by atoms with Gasteiger partial charge in [-0.3, -0.25) is 9.59 Å². The van der Waals surface area contributed by atoms with E-state index in [1.807, 2.05) is 0 Å². The van der Waals surface area contributed by atoms with Crippen LogP contribution in [-0.4, -0.2) is 38.2 Å². The Hall–Kier alpha value is -2.82. The number of nitro groups is 1. The van der Waals surface area contributed by atoms with E-state index in [-0.39, 0.29) is 12.2 Å². The third-order valence-corrected chi connectivity index (χ3v) is 4.06. The van der Waals surface area contributed by atoms with Crippen molar-refractivity contribution in [1.82, 2.24) is 14.8 Å². The number of ether oxygens (including phenoxy) is 1. The number of nitrogens with one attached hydrogen (secondary N) is 1. The molecule has 0 spiro atoms. The van der Waals surface area contributed by atoms with Crippen LogP contribution >= 0.6 is 11.3 Å². The molecule has 1 amide bonds. The molecule has 0 aliphatic rings. The van der Waals surface area contributed by atoms with Crippen molar-refractivity contribution in [2.24, 2.45) is 0 Å². The number of thiazole rings is 1. The average molecular weight is 367 g/mol. The van der Waals surface area contributed by atoms with E-state index in [2.05, 4.69) is 15.4 Å². The Morgan fingerprint density at radius 1 is 1.52 bits per heavy atom. The molecule has 2 aromatic heterocycles. The highest BCUT2D eigenvalue weighted by molar-refractivity contribution is 7.13. The third-order valence-electron chi connectivity index (χ3n) is 3.26. The lowest BCUT2D eigenvalue weighted by molar-refractivity contribution is -0.389. The van der Waals surface area contributed by atoms with Crippen LogP contribution < -0.4 is 5.32 Å². The molecule has 134 valence electrons. The van der Waals surface area contributed by atoms with Gasteiger partial charge in [-0.15, -0.1) is 11.3 Å². The number of rotatable bonds is 7. The normalized spacial score (nSPS) is 11.8. The summed E-state index contributed by atoms with van der Waals surface area (Å²) in [6, 6.07) is 0.538. The summed E-state index contributed by atoms with van der Waals surface area (Å²) in [5, 5.41) is 19.2. The van der Waals surface area contributed by atoms with Crippen molar-refractivity contribution in [3.05, 3.63) is 32.9 Å². The molecule has 0 aromatic carbocycles. The first-order valence-corrected chi connectivity index (χ1v) is 8.31.